The van der Waals surface area contributed by atoms with Gasteiger partial charge in [0, 0.05) is 19.2 Å². The van der Waals surface area contributed by atoms with Crippen LogP contribution in [0, 0.1) is 6.92 Å². The number of thiophene rings is 1. The Labute approximate surface area is 130 Å². The van der Waals surface area contributed by atoms with Gasteiger partial charge in [-0.05, 0) is 18.4 Å². The van der Waals surface area contributed by atoms with Crippen molar-refractivity contribution in [3.05, 3.63) is 40.9 Å². The fraction of sp³-hybridized carbons (Fsp3) is 0.286. The molecule has 4 heterocycles. The van der Waals surface area contributed by atoms with Crippen LogP contribution in [0.4, 0.5) is 0 Å². The fourth-order valence-corrected chi connectivity index (χ4v) is 3.22. The highest BCUT2D eigenvalue weighted by molar-refractivity contribution is 7.13. The minimum Gasteiger partial charge on any atom is -0.355 e. The molecule has 22 heavy (non-hydrogen) atoms. The second-order valence-corrected chi connectivity index (χ2v) is 6.04. The molecular weight excluding hydrogens is 302 g/mol. The molecule has 0 spiro atoms. The third kappa shape index (κ3) is 2.12. The summed E-state index contributed by atoms with van der Waals surface area (Å²) in [6.45, 7) is 3.68. The molecule has 0 N–H and O–H groups in total. The average Bonchev–Trinajstić information content (AvgIpc) is 3.27. The summed E-state index contributed by atoms with van der Waals surface area (Å²) in [5.74, 6) is 2.16. The van der Waals surface area contributed by atoms with Crippen LogP contribution in [0.25, 0.3) is 10.6 Å². The highest BCUT2D eigenvalue weighted by Gasteiger charge is 2.26. The van der Waals surface area contributed by atoms with Gasteiger partial charge in [0.25, 0.3) is 5.91 Å². The van der Waals surface area contributed by atoms with Gasteiger partial charge in [-0.25, -0.2) is 0 Å². The molecule has 1 aliphatic rings. The molecule has 1 amide bonds. The summed E-state index contributed by atoms with van der Waals surface area (Å²) >= 11 is 1.55. The van der Waals surface area contributed by atoms with Gasteiger partial charge >= 0.3 is 0 Å². The van der Waals surface area contributed by atoms with E-state index in [9.17, 15) is 4.79 Å². The SMILES string of the molecule is Cc1nnc2n1CCN(C(=O)c1cc(-c3cccs3)on1)C2. The van der Waals surface area contributed by atoms with Crippen molar-refractivity contribution in [2.24, 2.45) is 0 Å². The quantitative estimate of drug-likeness (QED) is 0.722. The molecular formula is C14H13N5O2S. The highest BCUT2D eigenvalue weighted by Crippen LogP contribution is 2.26. The third-order valence-corrected chi connectivity index (χ3v) is 4.60. The maximum absolute atomic E-state index is 12.5. The molecule has 0 aliphatic carbocycles. The molecule has 0 saturated carbocycles. The number of carbonyl (C=O) groups excluding carboxylic acids is 1. The van der Waals surface area contributed by atoms with Crippen LogP contribution in [0.5, 0.6) is 0 Å². The first-order chi connectivity index (χ1) is 10.7. The zero-order valence-electron chi connectivity index (χ0n) is 11.9. The second kappa shape index (κ2) is 5.06. The van der Waals surface area contributed by atoms with Gasteiger partial charge in [-0.2, -0.15) is 0 Å². The van der Waals surface area contributed by atoms with Gasteiger partial charge in [0.2, 0.25) is 0 Å². The normalized spacial score (nSPS) is 14.1. The van der Waals surface area contributed by atoms with Gasteiger partial charge in [-0.3, -0.25) is 4.79 Å². The Morgan fingerprint density at radius 3 is 3.09 bits per heavy atom. The molecule has 0 saturated heterocycles. The van der Waals surface area contributed by atoms with E-state index in [4.69, 9.17) is 4.52 Å². The molecule has 3 aromatic heterocycles. The van der Waals surface area contributed by atoms with E-state index in [1.54, 1.807) is 22.3 Å². The van der Waals surface area contributed by atoms with Crippen molar-refractivity contribution in [3.63, 3.8) is 0 Å². The van der Waals surface area contributed by atoms with Crippen LogP contribution in [0.15, 0.2) is 28.1 Å². The molecule has 1 aliphatic heterocycles. The predicted molar refractivity (Wildman–Crippen MR) is 79.3 cm³/mol. The Morgan fingerprint density at radius 1 is 1.36 bits per heavy atom. The third-order valence-electron chi connectivity index (χ3n) is 3.72. The lowest BCUT2D eigenvalue weighted by molar-refractivity contribution is 0.0696. The Kier molecular flexibility index (Phi) is 3.04. The first kappa shape index (κ1) is 13.2. The van der Waals surface area contributed by atoms with E-state index < -0.39 is 0 Å². The van der Waals surface area contributed by atoms with Crippen molar-refractivity contribution < 1.29 is 9.32 Å². The summed E-state index contributed by atoms with van der Waals surface area (Å²) in [6.07, 6.45) is 0. The average molecular weight is 315 g/mol. The number of hydrogen-bond acceptors (Lipinski definition) is 6. The smallest absolute Gasteiger partial charge is 0.276 e. The van der Waals surface area contributed by atoms with Crippen LogP contribution in [-0.2, 0) is 13.1 Å². The number of rotatable bonds is 2. The maximum Gasteiger partial charge on any atom is 0.276 e. The zero-order chi connectivity index (χ0) is 15.1. The van der Waals surface area contributed by atoms with E-state index in [1.165, 1.54) is 0 Å². The lowest BCUT2D eigenvalue weighted by Crippen LogP contribution is -2.38. The molecule has 7 nitrogen and oxygen atoms in total. The summed E-state index contributed by atoms with van der Waals surface area (Å²) in [4.78, 5) is 15.2. The van der Waals surface area contributed by atoms with E-state index in [0.29, 0.717) is 31.1 Å². The fourth-order valence-electron chi connectivity index (χ4n) is 2.55. The number of amides is 1. The minimum absolute atomic E-state index is 0.140. The monoisotopic (exact) mass is 315 g/mol. The molecule has 8 heteroatoms. The van der Waals surface area contributed by atoms with E-state index in [1.807, 2.05) is 29.0 Å². The van der Waals surface area contributed by atoms with Crippen LogP contribution in [0.2, 0.25) is 0 Å². The van der Waals surface area contributed by atoms with Crippen molar-refractivity contribution in [3.8, 4) is 10.6 Å². The molecule has 112 valence electrons. The lowest BCUT2D eigenvalue weighted by Gasteiger charge is -2.26. The molecule has 0 aromatic carbocycles. The summed E-state index contributed by atoms with van der Waals surface area (Å²) in [5, 5.41) is 14.0. The first-order valence-corrected chi connectivity index (χ1v) is 7.79. The molecule has 0 fully saturated rings. The first-order valence-electron chi connectivity index (χ1n) is 6.91. The highest BCUT2D eigenvalue weighted by atomic mass is 32.1. The molecule has 0 bridgehead atoms. The van der Waals surface area contributed by atoms with Gasteiger partial charge in [0.05, 0.1) is 11.4 Å². The molecule has 0 unspecified atom stereocenters. The second-order valence-electron chi connectivity index (χ2n) is 5.10. The van der Waals surface area contributed by atoms with E-state index >= 15 is 0 Å². The van der Waals surface area contributed by atoms with Gasteiger partial charge in [0.1, 0.15) is 5.82 Å². The topological polar surface area (TPSA) is 77.0 Å². The predicted octanol–water partition coefficient (Wildman–Crippen LogP) is 1.96. The number of carbonyl (C=O) groups is 1. The number of aromatic nitrogens is 4. The van der Waals surface area contributed by atoms with Crippen molar-refractivity contribution in [1.82, 2.24) is 24.8 Å². The lowest BCUT2D eigenvalue weighted by atomic mass is 10.2. The maximum atomic E-state index is 12.5. The summed E-state index contributed by atoms with van der Waals surface area (Å²) in [5.41, 5.74) is 0.327. The van der Waals surface area contributed by atoms with Crippen LogP contribution < -0.4 is 0 Å². The van der Waals surface area contributed by atoms with Crippen molar-refractivity contribution in [1.29, 1.82) is 0 Å². The van der Waals surface area contributed by atoms with Crippen LogP contribution in [-0.4, -0.2) is 37.3 Å². The van der Waals surface area contributed by atoms with Crippen LogP contribution in [0.1, 0.15) is 22.1 Å². The van der Waals surface area contributed by atoms with Gasteiger partial charge in [0.15, 0.2) is 17.3 Å². The Bertz CT molecular complexity index is 820. The number of fused-ring (bicyclic) bond motifs is 1. The zero-order valence-corrected chi connectivity index (χ0v) is 12.7. The Hall–Kier alpha value is -2.48. The molecule has 0 atom stereocenters. The summed E-state index contributed by atoms with van der Waals surface area (Å²) in [6, 6.07) is 5.56. The van der Waals surface area contributed by atoms with Gasteiger partial charge < -0.3 is 14.0 Å². The Balaban J connectivity index is 1.55. The Morgan fingerprint density at radius 2 is 2.27 bits per heavy atom. The number of aryl methyl sites for hydroxylation is 1. The van der Waals surface area contributed by atoms with Crippen molar-refractivity contribution >= 4 is 17.2 Å². The number of nitrogens with zero attached hydrogens (tertiary/aromatic N) is 5. The number of hydrogen-bond donors (Lipinski definition) is 0. The minimum atomic E-state index is -0.140. The standard InChI is InChI=1S/C14H13N5O2S/c1-9-15-16-13-8-18(4-5-19(9)13)14(20)10-7-11(21-17-10)12-3-2-6-22-12/h2-3,6-7H,4-5,8H2,1H3. The summed E-state index contributed by atoms with van der Waals surface area (Å²) in [7, 11) is 0. The van der Waals surface area contributed by atoms with E-state index in [2.05, 4.69) is 15.4 Å². The van der Waals surface area contributed by atoms with Crippen molar-refractivity contribution in [2.75, 3.05) is 6.54 Å². The van der Waals surface area contributed by atoms with Gasteiger partial charge in [-0.15, -0.1) is 21.5 Å². The van der Waals surface area contributed by atoms with E-state index in [-0.39, 0.29) is 5.91 Å². The van der Waals surface area contributed by atoms with Crippen LogP contribution >= 0.6 is 11.3 Å². The summed E-state index contributed by atoms with van der Waals surface area (Å²) < 4.78 is 7.31. The van der Waals surface area contributed by atoms with Gasteiger partial charge in [-0.1, -0.05) is 11.2 Å². The largest absolute Gasteiger partial charge is 0.355 e. The van der Waals surface area contributed by atoms with Crippen LogP contribution in [0.3, 0.4) is 0 Å². The molecule has 3 aromatic rings. The molecule has 4 rings (SSSR count). The molecule has 0 radical (unpaired) electrons. The van der Waals surface area contributed by atoms with Crippen molar-refractivity contribution in [2.45, 2.75) is 20.0 Å². The van der Waals surface area contributed by atoms with E-state index in [0.717, 1.165) is 16.5 Å².